The molecule has 0 spiro atoms. The highest BCUT2D eigenvalue weighted by atomic mass is 79.9. The van der Waals surface area contributed by atoms with E-state index in [2.05, 4.69) is 26.1 Å². The standard InChI is InChI=1S/C11H9BrCl2N2S/c12-9-4-3-7(14)6-8(9)11-16-15-10(17-11)2-1-5-13/h3-4,6H,1-2,5H2. The van der Waals surface area contributed by atoms with Gasteiger partial charge in [0, 0.05) is 27.4 Å². The Balaban J connectivity index is 2.27. The molecule has 1 aromatic carbocycles. The van der Waals surface area contributed by atoms with Crippen molar-refractivity contribution >= 4 is 50.5 Å². The fraction of sp³-hybridized carbons (Fsp3) is 0.273. The number of hydrogen-bond acceptors (Lipinski definition) is 3. The maximum Gasteiger partial charge on any atom is 0.148 e. The first-order valence-corrected chi connectivity index (χ1v) is 7.56. The van der Waals surface area contributed by atoms with Crippen LogP contribution in [0.25, 0.3) is 10.6 Å². The molecule has 17 heavy (non-hydrogen) atoms. The number of alkyl halides is 1. The third-order valence-corrected chi connectivity index (χ3v) is 4.36. The van der Waals surface area contributed by atoms with Gasteiger partial charge in [-0.3, -0.25) is 0 Å². The minimum absolute atomic E-state index is 0.649. The zero-order chi connectivity index (χ0) is 12.3. The summed E-state index contributed by atoms with van der Waals surface area (Å²) in [6.07, 6.45) is 1.80. The van der Waals surface area contributed by atoms with Gasteiger partial charge >= 0.3 is 0 Å². The lowest BCUT2D eigenvalue weighted by Crippen LogP contribution is -1.84. The van der Waals surface area contributed by atoms with Crippen LogP contribution in [0.2, 0.25) is 5.02 Å². The molecule has 0 amide bonds. The fourth-order valence-electron chi connectivity index (χ4n) is 1.34. The molecule has 6 heteroatoms. The van der Waals surface area contributed by atoms with E-state index < -0.39 is 0 Å². The number of nitrogens with zero attached hydrogens (tertiary/aromatic N) is 2. The van der Waals surface area contributed by atoms with Gasteiger partial charge in [0.1, 0.15) is 10.0 Å². The molecule has 0 aliphatic carbocycles. The smallest absolute Gasteiger partial charge is 0.143 e. The highest BCUT2D eigenvalue weighted by Gasteiger charge is 2.10. The van der Waals surface area contributed by atoms with Crippen LogP contribution in [0.5, 0.6) is 0 Å². The molecule has 0 saturated carbocycles. The van der Waals surface area contributed by atoms with E-state index in [4.69, 9.17) is 23.2 Å². The maximum atomic E-state index is 5.98. The average Bonchev–Trinajstić information content (AvgIpc) is 2.78. The van der Waals surface area contributed by atoms with Crippen LogP contribution in [0.3, 0.4) is 0 Å². The van der Waals surface area contributed by atoms with E-state index in [0.717, 1.165) is 32.9 Å². The van der Waals surface area contributed by atoms with Crippen LogP contribution in [0, 0.1) is 0 Å². The Kier molecular flexibility index (Phi) is 4.79. The summed E-state index contributed by atoms with van der Waals surface area (Å²) in [6, 6.07) is 5.64. The molecule has 0 bridgehead atoms. The van der Waals surface area contributed by atoms with E-state index in [1.165, 1.54) is 0 Å². The van der Waals surface area contributed by atoms with Crippen LogP contribution in [-0.4, -0.2) is 16.1 Å². The van der Waals surface area contributed by atoms with Crippen LogP contribution in [0.15, 0.2) is 22.7 Å². The summed E-state index contributed by atoms with van der Waals surface area (Å²) in [7, 11) is 0. The first-order chi connectivity index (χ1) is 8.20. The van der Waals surface area contributed by atoms with E-state index in [9.17, 15) is 0 Å². The second-order valence-corrected chi connectivity index (χ2v) is 6.15. The Bertz CT molecular complexity index is 516. The minimum Gasteiger partial charge on any atom is -0.143 e. The van der Waals surface area contributed by atoms with Crippen LogP contribution < -0.4 is 0 Å². The molecule has 0 fully saturated rings. The average molecular weight is 352 g/mol. The van der Waals surface area contributed by atoms with Gasteiger partial charge in [-0.25, -0.2) is 0 Å². The van der Waals surface area contributed by atoms with Crippen molar-refractivity contribution in [2.24, 2.45) is 0 Å². The van der Waals surface area contributed by atoms with Gasteiger partial charge in [0.2, 0.25) is 0 Å². The molecular weight excluding hydrogens is 343 g/mol. The minimum atomic E-state index is 0.649. The zero-order valence-corrected chi connectivity index (χ0v) is 12.7. The molecule has 90 valence electrons. The highest BCUT2D eigenvalue weighted by Crippen LogP contribution is 2.32. The van der Waals surface area contributed by atoms with Gasteiger partial charge in [-0.15, -0.1) is 21.8 Å². The molecule has 1 aromatic heterocycles. The van der Waals surface area contributed by atoms with Crippen LogP contribution in [0.1, 0.15) is 11.4 Å². The predicted octanol–water partition coefficient (Wildman–Crippen LogP) is 4.79. The van der Waals surface area contributed by atoms with Crippen molar-refractivity contribution in [2.75, 3.05) is 5.88 Å². The predicted molar refractivity (Wildman–Crippen MR) is 77.1 cm³/mol. The van der Waals surface area contributed by atoms with Crippen molar-refractivity contribution in [3.05, 3.63) is 32.7 Å². The van der Waals surface area contributed by atoms with Crippen LogP contribution in [-0.2, 0) is 6.42 Å². The molecule has 2 rings (SSSR count). The number of hydrogen-bond donors (Lipinski definition) is 0. The topological polar surface area (TPSA) is 25.8 Å². The summed E-state index contributed by atoms with van der Waals surface area (Å²) in [5.74, 6) is 0.649. The van der Waals surface area contributed by atoms with Crippen molar-refractivity contribution in [1.82, 2.24) is 10.2 Å². The summed E-state index contributed by atoms with van der Waals surface area (Å²) in [5, 5.41) is 10.9. The van der Waals surface area contributed by atoms with E-state index >= 15 is 0 Å². The molecule has 2 nitrogen and oxygen atoms in total. The lowest BCUT2D eigenvalue weighted by molar-refractivity contribution is 0.884. The summed E-state index contributed by atoms with van der Waals surface area (Å²) in [5.41, 5.74) is 0.979. The Morgan fingerprint density at radius 1 is 1.29 bits per heavy atom. The summed E-state index contributed by atoms with van der Waals surface area (Å²) < 4.78 is 0.974. The molecule has 1 heterocycles. The Labute approximate surface area is 122 Å². The van der Waals surface area contributed by atoms with Crippen molar-refractivity contribution in [3.63, 3.8) is 0 Å². The van der Waals surface area contributed by atoms with Gasteiger partial charge < -0.3 is 0 Å². The van der Waals surface area contributed by atoms with Gasteiger partial charge in [0.25, 0.3) is 0 Å². The van der Waals surface area contributed by atoms with Gasteiger partial charge in [-0.2, -0.15) is 0 Å². The lowest BCUT2D eigenvalue weighted by Gasteiger charge is -1.99. The fourth-order valence-corrected chi connectivity index (χ4v) is 3.13. The number of halogens is 3. The molecule has 0 atom stereocenters. The second kappa shape index (κ2) is 6.14. The van der Waals surface area contributed by atoms with Crippen LogP contribution >= 0.6 is 50.5 Å². The zero-order valence-electron chi connectivity index (χ0n) is 8.79. The lowest BCUT2D eigenvalue weighted by atomic mass is 10.2. The molecule has 0 saturated heterocycles. The Hall–Kier alpha value is -0.160. The second-order valence-electron chi connectivity index (χ2n) is 3.42. The highest BCUT2D eigenvalue weighted by molar-refractivity contribution is 9.10. The Morgan fingerprint density at radius 3 is 2.88 bits per heavy atom. The third-order valence-electron chi connectivity index (χ3n) is 2.15. The largest absolute Gasteiger partial charge is 0.148 e. The molecule has 0 aliphatic rings. The van der Waals surface area contributed by atoms with E-state index in [1.807, 2.05) is 18.2 Å². The van der Waals surface area contributed by atoms with E-state index in [-0.39, 0.29) is 0 Å². The first kappa shape index (κ1) is 13.3. The van der Waals surface area contributed by atoms with Gasteiger partial charge in [-0.05, 0) is 24.6 Å². The summed E-state index contributed by atoms with van der Waals surface area (Å²) in [6.45, 7) is 0. The van der Waals surface area contributed by atoms with Crippen molar-refractivity contribution in [3.8, 4) is 10.6 Å². The van der Waals surface area contributed by atoms with Crippen molar-refractivity contribution in [1.29, 1.82) is 0 Å². The third kappa shape index (κ3) is 3.41. The normalized spacial score (nSPS) is 10.8. The van der Waals surface area contributed by atoms with Crippen molar-refractivity contribution in [2.45, 2.75) is 12.8 Å². The van der Waals surface area contributed by atoms with Gasteiger partial charge in [-0.1, -0.05) is 38.9 Å². The SMILES string of the molecule is ClCCCc1nnc(-c2cc(Cl)ccc2Br)s1. The number of rotatable bonds is 4. The number of benzene rings is 1. The molecule has 0 aliphatic heterocycles. The molecule has 0 radical (unpaired) electrons. The van der Waals surface area contributed by atoms with E-state index in [0.29, 0.717) is 10.9 Å². The van der Waals surface area contributed by atoms with Gasteiger partial charge in [0.15, 0.2) is 0 Å². The van der Waals surface area contributed by atoms with E-state index in [1.54, 1.807) is 11.3 Å². The molecule has 2 aromatic rings. The number of aromatic nitrogens is 2. The number of aryl methyl sites for hydroxylation is 1. The molecule has 0 N–H and O–H groups in total. The molecular formula is C11H9BrCl2N2S. The summed E-state index contributed by atoms with van der Waals surface area (Å²) >= 11 is 16.7. The maximum absolute atomic E-state index is 5.98. The first-order valence-electron chi connectivity index (χ1n) is 5.04. The molecule has 0 unspecified atom stereocenters. The monoisotopic (exact) mass is 350 g/mol. The van der Waals surface area contributed by atoms with Crippen molar-refractivity contribution < 1.29 is 0 Å². The Morgan fingerprint density at radius 2 is 2.12 bits per heavy atom. The summed E-state index contributed by atoms with van der Waals surface area (Å²) in [4.78, 5) is 0. The van der Waals surface area contributed by atoms with Gasteiger partial charge in [0.05, 0.1) is 0 Å². The quantitative estimate of drug-likeness (QED) is 0.740. The van der Waals surface area contributed by atoms with Crippen LogP contribution in [0.4, 0.5) is 0 Å².